The predicted molar refractivity (Wildman–Crippen MR) is 58.7 cm³/mol. The second-order valence-electron chi connectivity index (χ2n) is 3.44. The molecule has 0 saturated heterocycles. The summed E-state index contributed by atoms with van der Waals surface area (Å²) in [4.78, 5) is 7.82. The molecule has 0 fully saturated rings. The maximum atomic E-state index is 8.70. The van der Waals surface area contributed by atoms with E-state index in [4.69, 9.17) is 5.26 Å². The van der Waals surface area contributed by atoms with Gasteiger partial charge in [0.25, 0.3) is 0 Å². The Balaban J connectivity index is 1.76. The van der Waals surface area contributed by atoms with Crippen LogP contribution in [0, 0.1) is 11.3 Å². The Morgan fingerprint density at radius 2 is 2.35 bits per heavy atom. The Labute approximate surface area is 98.3 Å². The summed E-state index contributed by atoms with van der Waals surface area (Å²) in [6.45, 7) is 1.44. The maximum absolute atomic E-state index is 8.70. The molecule has 0 aliphatic rings. The zero-order valence-electron chi connectivity index (χ0n) is 9.13. The van der Waals surface area contributed by atoms with Crippen LogP contribution in [0.25, 0.3) is 0 Å². The minimum atomic E-state index is 0.433. The summed E-state index contributed by atoms with van der Waals surface area (Å²) in [6.07, 6.45) is 3.67. The number of aromatic nitrogens is 3. The standard InChI is InChI=1S/C11H11N5O/c12-6-10-5-9(1-4-14-10)7-13-3-2-11-15-8-17-16-11/h1,4-5,8,13H,2-3,7H2. The SMILES string of the molecule is N#Cc1cc(CNCCc2ncon2)ccn1. The van der Waals surface area contributed by atoms with Gasteiger partial charge in [-0.05, 0) is 17.7 Å². The Morgan fingerprint density at radius 1 is 1.41 bits per heavy atom. The molecule has 2 aromatic heterocycles. The second kappa shape index (κ2) is 5.72. The number of hydrogen-bond acceptors (Lipinski definition) is 6. The lowest BCUT2D eigenvalue weighted by Crippen LogP contribution is -2.17. The molecule has 2 aromatic rings. The molecule has 86 valence electrons. The van der Waals surface area contributed by atoms with Crippen molar-refractivity contribution < 1.29 is 4.52 Å². The van der Waals surface area contributed by atoms with E-state index in [1.807, 2.05) is 12.1 Å². The van der Waals surface area contributed by atoms with Gasteiger partial charge >= 0.3 is 0 Å². The van der Waals surface area contributed by atoms with Crippen molar-refractivity contribution in [2.75, 3.05) is 6.54 Å². The largest absolute Gasteiger partial charge is 0.343 e. The van der Waals surface area contributed by atoms with Crippen LogP contribution in [0.2, 0.25) is 0 Å². The van der Waals surface area contributed by atoms with Crippen LogP contribution in [-0.4, -0.2) is 21.7 Å². The van der Waals surface area contributed by atoms with Gasteiger partial charge in [0, 0.05) is 25.7 Å². The van der Waals surface area contributed by atoms with Gasteiger partial charge in [0.1, 0.15) is 11.8 Å². The first-order chi connectivity index (χ1) is 8.38. The molecule has 0 aliphatic carbocycles. The molecule has 0 aliphatic heterocycles. The monoisotopic (exact) mass is 229 g/mol. The number of rotatable bonds is 5. The van der Waals surface area contributed by atoms with Gasteiger partial charge in [-0.15, -0.1) is 0 Å². The average molecular weight is 229 g/mol. The molecule has 0 aromatic carbocycles. The third-order valence-electron chi connectivity index (χ3n) is 2.20. The van der Waals surface area contributed by atoms with E-state index in [0.29, 0.717) is 24.5 Å². The minimum absolute atomic E-state index is 0.433. The van der Waals surface area contributed by atoms with Gasteiger partial charge in [0.05, 0.1) is 0 Å². The van der Waals surface area contributed by atoms with E-state index < -0.39 is 0 Å². The van der Waals surface area contributed by atoms with Gasteiger partial charge in [-0.2, -0.15) is 10.2 Å². The second-order valence-corrected chi connectivity index (χ2v) is 3.44. The zero-order valence-corrected chi connectivity index (χ0v) is 9.13. The van der Waals surface area contributed by atoms with E-state index in [2.05, 4.69) is 25.0 Å². The van der Waals surface area contributed by atoms with Gasteiger partial charge in [0.15, 0.2) is 5.82 Å². The number of hydrogen-bond donors (Lipinski definition) is 1. The highest BCUT2D eigenvalue weighted by atomic mass is 16.5. The fourth-order valence-electron chi connectivity index (χ4n) is 1.38. The third kappa shape index (κ3) is 3.36. The quantitative estimate of drug-likeness (QED) is 0.758. The fourth-order valence-corrected chi connectivity index (χ4v) is 1.38. The zero-order chi connectivity index (χ0) is 11.9. The van der Waals surface area contributed by atoms with Crippen molar-refractivity contribution in [1.29, 1.82) is 5.26 Å². The molecule has 2 heterocycles. The molecule has 2 rings (SSSR count). The third-order valence-corrected chi connectivity index (χ3v) is 2.20. The normalized spacial score (nSPS) is 10.1. The van der Waals surface area contributed by atoms with E-state index in [9.17, 15) is 0 Å². The van der Waals surface area contributed by atoms with Crippen LogP contribution in [-0.2, 0) is 13.0 Å². The lowest BCUT2D eigenvalue weighted by atomic mass is 10.2. The molecule has 0 atom stereocenters. The smallest absolute Gasteiger partial charge is 0.213 e. The van der Waals surface area contributed by atoms with E-state index >= 15 is 0 Å². The average Bonchev–Trinajstić information content (AvgIpc) is 2.88. The summed E-state index contributed by atoms with van der Waals surface area (Å²) < 4.78 is 4.63. The first-order valence-corrected chi connectivity index (χ1v) is 5.19. The summed E-state index contributed by atoms with van der Waals surface area (Å²) in [5.41, 5.74) is 1.46. The summed E-state index contributed by atoms with van der Waals surface area (Å²) in [7, 11) is 0. The Kier molecular flexibility index (Phi) is 3.78. The lowest BCUT2D eigenvalue weighted by molar-refractivity contribution is 0.409. The van der Waals surface area contributed by atoms with Crippen molar-refractivity contribution in [2.45, 2.75) is 13.0 Å². The summed E-state index contributed by atoms with van der Waals surface area (Å²) in [5, 5.41) is 15.6. The molecular formula is C11H11N5O. The lowest BCUT2D eigenvalue weighted by Gasteiger charge is -2.02. The van der Waals surface area contributed by atoms with Crippen molar-refractivity contribution in [1.82, 2.24) is 20.4 Å². The molecule has 0 unspecified atom stereocenters. The summed E-state index contributed by atoms with van der Waals surface area (Å²) in [5.74, 6) is 0.685. The van der Waals surface area contributed by atoms with E-state index in [1.54, 1.807) is 12.3 Å². The first-order valence-electron chi connectivity index (χ1n) is 5.19. The molecular weight excluding hydrogens is 218 g/mol. The van der Waals surface area contributed by atoms with E-state index in [1.165, 1.54) is 6.39 Å². The Bertz CT molecular complexity index is 503. The van der Waals surface area contributed by atoms with Crippen molar-refractivity contribution in [3.05, 3.63) is 41.8 Å². The highest BCUT2D eigenvalue weighted by molar-refractivity contribution is 5.25. The minimum Gasteiger partial charge on any atom is -0.343 e. The fraction of sp³-hybridized carbons (Fsp3) is 0.273. The maximum Gasteiger partial charge on any atom is 0.213 e. The number of nitriles is 1. The van der Waals surface area contributed by atoms with Crippen LogP contribution in [0.3, 0.4) is 0 Å². The van der Waals surface area contributed by atoms with Gasteiger partial charge in [-0.25, -0.2) is 4.98 Å². The van der Waals surface area contributed by atoms with Crippen molar-refractivity contribution in [2.24, 2.45) is 0 Å². The highest BCUT2D eigenvalue weighted by Gasteiger charge is 1.99. The Hall–Kier alpha value is -2.26. The summed E-state index contributed by atoms with van der Waals surface area (Å²) in [6, 6.07) is 5.65. The molecule has 6 heteroatoms. The van der Waals surface area contributed by atoms with Gasteiger partial charge < -0.3 is 9.84 Å². The number of pyridine rings is 1. The molecule has 0 bridgehead atoms. The van der Waals surface area contributed by atoms with E-state index in [0.717, 1.165) is 12.1 Å². The van der Waals surface area contributed by atoms with Crippen LogP contribution in [0.5, 0.6) is 0 Å². The van der Waals surface area contributed by atoms with E-state index in [-0.39, 0.29) is 0 Å². The molecule has 0 radical (unpaired) electrons. The predicted octanol–water partition coefficient (Wildman–Crippen LogP) is 0.669. The van der Waals surface area contributed by atoms with Crippen molar-refractivity contribution in [3.63, 3.8) is 0 Å². The molecule has 0 saturated carbocycles. The van der Waals surface area contributed by atoms with Crippen molar-refractivity contribution >= 4 is 0 Å². The summed E-state index contributed by atoms with van der Waals surface area (Å²) >= 11 is 0. The van der Waals surface area contributed by atoms with Crippen LogP contribution >= 0.6 is 0 Å². The molecule has 0 spiro atoms. The van der Waals surface area contributed by atoms with Crippen molar-refractivity contribution in [3.8, 4) is 6.07 Å². The van der Waals surface area contributed by atoms with Gasteiger partial charge in [-0.3, -0.25) is 0 Å². The van der Waals surface area contributed by atoms with Gasteiger partial charge in [0.2, 0.25) is 6.39 Å². The van der Waals surface area contributed by atoms with Crippen LogP contribution < -0.4 is 5.32 Å². The highest BCUT2D eigenvalue weighted by Crippen LogP contribution is 2.00. The van der Waals surface area contributed by atoms with Gasteiger partial charge in [-0.1, -0.05) is 5.16 Å². The first kappa shape index (κ1) is 11.2. The topological polar surface area (TPSA) is 87.6 Å². The molecule has 0 amide bonds. The molecule has 6 nitrogen and oxygen atoms in total. The van der Waals surface area contributed by atoms with Crippen LogP contribution in [0.15, 0.2) is 29.2 Å². The van der Waals surface area contributed by atoms with Crippen LogP contribution in [0.1, 0.15) is 17.1 Å². The number of nitrogens with zero attached hydrogens (tertiary/aromatic N) is 4. The molecule has 17 heavy (non-hydrogen) atoms. The Morgan fingerprint density at radius 3 is 3.12 bits per heavy atom. The number of nitrogens with one attached hydrogen (secondary N) is 1. The van der Waals surface area contributed by atoms with Crippen LogP contribution in [0.4, 0.5) is 0 Å². The molecule has 1 N–H and O–H groups in total.